The fourth-order valence-electron chi connectivity index (χ4n) is 2.18. The molecule has 0 fully saturated rings. The van der Waals surface area contributed by atoms with E-state index in [0.717, 1.165) is 28.4 Å². The summed E-state index contributed by atoms with van der Waals surface area (Å²) in [6.07, 6.45) is 0.676. The van der Waals surface area contributed by atoms with Crippen LogP contribution in [0.15, 0.2) is 23.6 Å². The van der Waals surface area contributed by atoms with Crippen LogP contribution in [0, 0.1) is 6.92 Å². The third kappa shape index (κ3) is 2.11. The van der Waals surface area contributed by atoms with Crippen molar-refractivity contribution in [3.8, 4) is 5.75 Å². The van der Waals surface area contributed by atoms with Gasteiger partial charge in [0.2, 0.25) is 0 Å². The number of fused-ring (bicyclic) bond motifs is 1. The number of aromatic nitrogens is 1. The lowest BCUT2D eigenvalue weighted by Gasteiger charge is -2.29. The molecule has 1 aromatic carbocycles. The minimum absolute atomic E-state index is 0.0561. The number of aryl methyl sites for hydroxylation is 1. The molecule has 0 aliphatic carbocycles. The van der Waals surface area contributed by atoms with Crippen molar-refractivity contribution in [1.29, 1.82) is 0 Å². The van der Waals surface area contributed by atoms with Gasteiger partial charge in [0.1, 0.15) is 11.9 Å². The first-order chi connectivity index (χ1) is 8.63. The largest absolute Gasteiger partial charge is 0.484 e. The zero-order valence-electron chi connectivity index (χ0n) is 9.89. The van der Waals surface area contributed by atoms with Crippen molar-refractivity contribution in [2.24, 2.45) is 5.73 Å². The fourth-order valence-corrected chi connectivity index (χ4v) is 3.02. The summed E-state index contributed by atoms with van der Waals surface area (Å²) in [7, 11) is 0. The highest BCUT2D eigenvalue weighted by molar-refractivity contribution is 7.09. The Hall–Kier alpha value is -1.10. The lowest BCUT2D eigenvalue weighted by molar-refractivity contribution is 0.158. The van der Waals surface area contributed by atoms with Gasteiger partial charge in [-0.15, -0.1) is 11.3 Å². The molecule has 3 nitrogen and oxygen atoms in total. The van der Waals surface area contributed by atoms with Crippen molar-refractivity contribution in [1.82, 2.24) is 4.98 Å². The van der Waals surface area contributed by atoms with E-state index < -0.39 is 0 Å². The Balaban J connectivity index is 1.94. The van der Waals surface area contributed by atoms with Gasteiger partial charge in [-0.2, -0.15) is 0 Å². The summed E-state index contributed by atoms with van der Waals surface area (Å²) in [4.78, 5) is 4.47. The average Bonchev–Trinajstić information content (AvgIpc) is 2.77. The minimum Gasteiger partial charge on any atom is -0.484 e. The van der Waals surface area contributed by atoms with E-state index >= 15 is 0 Å². The highest BCUT2D eigenvalue weighted by Gasteiger charge is 2.28. The number of benzene rings is 1. The summed E-state index contributed by atoms with van der Waals surface area (Å²) < 4.78 is 5.96. The monoisotopic (exact) mass is 280 g/mol. The first kappa shape index (κ1) is 12.0. The zero-order valence-corrected chi connectivity index (χ0v) is 11.5. The van der Waals surface area contributed by atoms with Crippen molar-refractivity contribution in [3.05, 3.63) is 44.9 Å². The van der Waals surface area contributed by atoms with E-state index in [1.54, 1.807) is 11.3 Å². The predicted octanol–water partition coefficient (Wildman–Crippen LogP) is 3.63. The number of halogens is 1. The van der Waals surface area contributed by atoms with Crippen LogP contribution in [0.3, 0.4) is 0 Å². The molecule has 94 valence electrons. The molecule has 18 heavy (non-hydrogen) atoms. The smallest absolute Gasteiger partial charge is 0.143 e. The van der Waals surface area contributed by atoms with E-state index in [-0.39, 0.29) is 12.1 Å². The van der Waals surface area contributed by atoms with Gasteiger partial charge < -0.3 is 10.5 Å². The van der Waals surface area contributed by atoms with Gasteiger partial charge in [-0.25, -0.2) is 4.98 Å². The van der Waals surface area contributed by atoms with Crippen LogP contribution in [0.5, 0.6) is 5.75 Å². The van der Waals surface area contributed by atoms with Crippen molar-refractivity contribution < 1.29 is 4.74 Å². The molecule has 3 rings (SSSR count). The molecule has 0 radical (unpaired) electrons. The molecule has 0 amide bonds. The molecule has 0 saturated carbocycles. The number of rotatable bonds is 1. The van der Waals surface area contributed by atoms with Crippen LogP contribution < -0.4 is 10.5 Å². The third-order valence-electron chi connectivity index (χ3n) is 3.08. The Labute approximate surface area is 115 Å². The molecule has 5 heteroatoms. The first-order valence-corrected chi connectivity index (χ1v) is 7.03. The zero-order chi connectivity index (χ0) is 12.7. The summed E-state index contributed by atoms with van der Waals surface area (Å²) >= 11 is 7.61. The van der Waals surface area contributed by atoms with E-state index in [1.807, 2.05) is 30.5 Å². The molecular formula is C13H13ClN2OS. The standard InChI is InChI=1S/C13H13ClN2OS/c1-7-16-11(6-18-7)13-5-10(15)9-4-8(14)2-3-12(9)17-13/h2-4,6,10,13H,5,15H2,1H3. The van der Waals surface area contributed by atoms with Crippen LogP contribution >= 0.6 is 22.9 Å². The molecule has 1 aliphatic heterocycles. The van der Waals surface area contributed by atoms with Gasteiger partial charge in [0, 0.05) is 28.4 Å². The molecule has 0 bridgehead atoms. The Bertz CT molecular complexity index is 584. The average molecular weight is 281 g/mol. The minimum atomic E-state index is -0.0568. The van der Waals surface area contributed by atoms with Crippen molar-refractivity contribution in [3.63, 3.8) is 0 Å². The SMILES string of the molecule is Cc1nc(C2CC(N)c3cc(Cl)ccc3O2)cs1. The van der Waals surface area contributed by atoms with Crippen LogP contribution in [-0.2, 0) is 0 Å². The van der Waals surface area contributed by atoms with E-state index in [0.29, 0.717) is 5.02 Å². The molecule has 1 aliphatic rings. The number of hydrogen-bond acceptors (Lipinski definition) is 4. The summed E-state index contributed by atoms with van der Waals surface area (Å²) in [6, 6.07) is 5.52. The molecule has 0 spiro atoms. The number of ether oxygens (including phenoxy) is 1. The Kier molecular flexibility index (Phi) is 3.01. The Morgan fingerprint density at radius 1 is 1.50 bits per heavy atom. The molecule has 0 saturated heterocycles. The number of nitrogens with zero attached hydrogens (tertiary/aromatic N) is 1. The van der Waals surface area contributed by atoms with Crippen molar-refractivity contribution in [2.75, 3.05) is 0 Å². The Morgan fingerprint density at radius 2 is 2.33 bits per heavy atom. The quantitative estimate of drug-likeness (QED) is 0.868. The summed E-state index contributed by atoms with van der Waals surface area (Å²) in [5.41, 5.74) is 8.13. The maximum Gasteiger partial charge on any atom is 0.143 e. The lowest BCUT2D eigenvalue weighted by atomic mass is 9.96. The predicted molar refractivity (Wildman–Crippen MR) is 73.2 cm³/mol. The van der Waals surface area contributed by atoms with Crippen LogP contribution in [0.2, 0.25) is 5.02 Å². The highest BCUT2D eigenvalue weighted by Crippen LogP contribution is 2.40. The van der Waals surface area contributed by atoms with Gasteiger partial charge >= 0.3 is 0 Å². The first-order valence-electron chi connectivity index (χ1n) is 5.77. The van der Waals surface area contributed by atoms with E-state index in [1.165, 1.54) is 0 Å². The van der Waals surface area contributed by atoms with Gasteiger partial charge in [-0.05, 0) is 25.1 Å². The van der Waals surface area contributed by atoms with Crippen LogP contribution in [0.1, 0.15) is 34.8 Å². The Morgan fingerprint density at radius 3 is 3.06 bits per heavy atom. The topological polar surface area (TPSA) is 48.1 Å². The van der Waals surface area contributed by atoms with Gasteiger partial charge in [0.25, 0.3) is 0 Å². The molecule has 2 N–H and O–H groups in total. The van der Waals surface area contributed by atoms with E-state index in [2.05, 4.69) is 4.98 Å². The second-order valence-electron chi connectivity index (χ2n) is 4.42. The normalized spacial score (nSPS) is 22.4. The van der Waals surface area contributed by atoms with E-state index in [9.17, 15) is 0 Å². The summed E-state index contributed by atoms with van der Waals surface area (Å²) in [5.74, 6) is 0.814. The molecule has 2 aromatic rings. The summed E-state index contributed by atoms with van der Waals surface area (Å²) in [6.45, 7) is 1.99. The van der Waals surface area contributed by atoms with Crippen molar-refractivity contribution in [2.45, 2.75) is 25.5 Å². The second-order valence-corrected chi connectivity index (χ2v) is 5.92. The number of thiazole rings is 1. The number of nitrogens with two attached hydrogens (primary N) is 1. The maximum absolute atomic E-state index is 6.19. The number of hydrogen-bond donors (Lipinski definition) is 1. The molecule has 1 aromatic heterocycles. The maximum atomic E-state index is 6.19. The van der Waals surface area contributed by atoms with Crippen LogP contribution in [0.4, 0.5) is 0 Å². The lowest BCUT2D eigenvalue weighted by Crippen LogP contribution is -2.24. The third-order valence-corrected chi connectivity index (χ3v) is 4.10. The molecule has 2 atom stereocenters. The van der Waals surface area contributed by atoms with E-state index in [4.69, 9.17) is 22.1 Å². The highest BCUT2D eigenvalue weighted by atomic mass is 35.5. The van der Waals surface area contributed by atoms with Crippen LogP contribution in [0.25, 0.3) is 0 Å². The second kappa shape index (κ2) is 4.53. The van der Waals surface area contributed by atoms with Crippen molar-refractivity contribution >= 4 is 22.9 Å². The van der Waals surface area contributed by atoms with Gasteiger partial charge in [-0.3, -0.25) is 0 Å². The molecule has 2 unspecified atom stereocenters. The van der Waals surface area contributed by atoms with Gasteiger partial charge in [0.15, 0.2) is 0 Å². The fraction of sp³-hybridized carbons (Fsp3) is 0.308. The van der Waals surface area contributed by atoms with Crippen LogP contribution in [-0.4, -0.2) is 4.98 Å². The van der Waals surface area contributed by atoms with Gasteiger partial charge in [-0.1, -0.05) is 11.6 Å². The molecular weight excluding hydrogens is 268 g/mol. The molecule has 2 heterocycles. The van der Waals surface area contributed by atoms with Gasteiger partial charge in [0.05, 0.1) is 10.7 Å². The summed E-state index contributed by atoms with van der Waals surface area (Å²) in [5, 5.41) is 3.77.